The molecule has 2 N–H and O–H groups in total. The minimum Gasteiger partial charge on any atom is -0.434 e. The Bertz CT molecular complexity index is 445. The van der Waals surface area contributed by atoms with Gasteiger partial charge in [-0.15, -0.1) is 0 Å². The van der Waals surface area contributed by atoms with E-state index in [4.69, 9.17) is 11.6 Å². The maximum atomic E-state index is 12.3. The predicted octanol–water partition coefficient (Wildman–Crippen LogP) is 3.19. The van der Waals surface area contributed by atoms with Crippen LogP contribution >= 0.6 is 11.6 Å². The number of alkyl halides is 2. The highest BCUT2D eigenvalue weighted by molar-refractivity contribution is 6.30. The number of ether oxygens (including phenoxy) is 1. The van der Waals surface area contributed by atoms with Crippen LogP contribution in [0.1, 0.15) is 24.8 Å². The summed E-state index contributed by atoms with van der Waals surface area (Å²) in [7, 11) is 0. The van der Waals surface area contributed by atoms with Crippen LogP contribution in [0.15, 0.2) is 18.2 Å². The number of benzene rings is 1. The molecule has 1 aromatic rings. The van der Waals surface area contributed by atoms with Gasteiger partial charge in [0, 0.05) is 17.1 Å². The molecule has 1 aliphatic rings. The maximum Gasteiger partial charge on any atom is 0.387 e. The van der Waals surface area contributed by atoms with E-state index in [1.54, 1.807) is 6.07 Å². The highest BCUT2D eigenvalue weighted by Gasteiger charge is 2.22. The zero-order valence-corrected chi connectivity index (χ0v) is 11.7. The van der Waals surface area contributed by atoms with Crippen molar-refractivity contribution in [1.82, 2.24) is 5.32 Å². The lowest BCUT2D eigenvalue weighted by Crippen LogP contribution is -2.22. The van der Waals surface area contributed by atoms with Crippen molar-refractivity contribution in [3.8, 4) is 5.75 Å². The third kappa shape index (κ3) is 4.58. The summed E-state index contributed by atoms with van der Waals surface area (Å²) in [5.74, 6) is 0.576. The van der Waals surface area contributed by atoms with Crippen molar-refractivity contribution in [2.45, 2.75) is 38.5 Å². The van der Waals surface area contributed by atoms with Gasteiger partial charge in [0.1, 0.15) is 5.75 Å². The first-order valence-electron chi connectivity index (χ1n) is 6.66. The fourth-order valence-corrected chi connectivity index (χ4v) is 2.74. The van der Waals surface area contributed by atoms with Gasteiger partial charge in [0.05, 0.1) is 6.10 Å². The third-order valence-electron chi connectivity index (χ3n) is 3.50. The van der Waals surface area contributed by atoms with Crippen molar-refractivity contribution in [2.75, 3.05) is 6.54 Å². The Labute approximate surface area is 121 Å². The van der Waals surface area contributed by atoms with Crippen LogP contribution in [0.25, 0.3) is 0 Å². The van der Waals surface area contributed by atoms with Gasteiger partial charge in [-0.05, 0) is 49.9 Å². The normalized spacial score (nSPS) is 22.4. The molecular weight excluding hydrogens is 288 g/mol. The second-order valence-electron chi connectivity index (χ2n) is 5.09. The third-order valence-corrected chi connectivity index (χ3v) is 3.74. The predicted molar refractivity (Wildman–Crippen MR) is 73.1 cm³/mol. The van der Waals surface area contributed by atoms with Crippen molar-refractivity contribution >= 4 is 11.6 Å². The van der Waals surface area contributed by atoms with Crippen LogP contribution in [0.3, 0.4) is 0 Å². The van der Waals surface area contributed by atoms with Gasteiger partial charge in [0.2, 0.25) is 0 Å². The zero-order chi connectivity index (χ0) is 14.5. The molecule has 1 saturated carbocycles. The number of hydrogen-bond donors (Lipinski definition) is 2. The van der Waals surface area contributed by atoms with Gasteiger partial charge in [0.25, 0.3) is 0 Å². The van der Waals surface area contributed by atoms with Crippen LogP contribution in [0.2, 0.25) is 5.02 Å². The first kappa shape index (κ1) is 15.5. The molecule has 112 valence electrons. The summed E-state index contributed by atoms with van der Waals surface area (Å²) in [5.41, 5.74) is 0.608. The van der Waals surface area contributed by atoms with E-state index in [-0.39, 0.29) is 11.9 Å². The second kappa shape index (κ2) is 7.20. The van der Waals surface area contributed by atoms with E-state index in [2.05, 4.69) is 10.1 Å². The van der Waals surface area contributed by atoms with E-state index in [0.717, 1.165) is 25.8 Å². The van der Waals surface area contributed by atoms with Crippen LogP contribution in [0, 0.1) is 5.92 Å². The molecule has 0 heterocycles. The average Bonchev–Trinajstić information content (AvgIpc) is 2.78. The topological polar surface area (TPSA) is 41.5 Å². The lowest BCUT2D eigenvalue weighted by atomic mass is 10.1. The summed E-state index contributed by atoms with van der Waals surface area (Å²) < 4.78 is 29.1. The van der Waals surface area contributed by atoms with Gasteiger partial charge in [-0.2, -0.15) is 8.78 Å². The Kier molecular flexibility index (Phi) is 5.57. The van der Waals surface area contributed by atoms with Gasteiger partial charge < -0.3 is 15.2 Å². The van der Waals surface area contributed by atoms with E-state index in [0.29, 0.717) is 23.0 Å². The molecule has 0 aromatic heterocycles. The summed E-state index contributed by atoms with van der Waals surface area (Å²) in [6.07, 6.45) is 2.42. The van der Waals surface area contributed by atoms with Crippen molar-refractivity contribution in [3.63, 3.8) is 0 Å². The molecule has 0 saturated heterocycles. The molecule has 0 aliphatic heterocycles. The minimum atomic E-state index is -2.85. The largest absolute Gasteiger partial charge is 0.434 e. The summed E-state index contributed by atoms with van der Waals surface area (Å²) in [6, 6.07) is 4.59. The van der Waals surface area contributed by atoms with Crippen LogP contribution in [0.5, 0.6) is 5.75 Å². The Morgan fingerprint density at radius 2 is 2.20 bits per heavy atom. The molecular formula is C14H18ClF2NO2. The molecule has 1 aromatic carbocycles. The lowest BCUT2D eigenvalue weighted by molar-refractivity contribution is -0.0505. The fourth-order valence-electron chi connectivity index (χ4n) is 2.54. The number of aliphatic hydroxyl groups is 1. The highest BCUT2D eigenvalue weighted by Crippen LogP contribution is 2.26. The van der Waals surface area contributed by atoms with Crippen LogP contribution in [0.4, 0.5) is 8.78 Å². The van der Waals surface area contributed by atoms with E-state index in [1.807, 2.05) is 0 Å². The Balaban J connectivity index is 1.89. The van der Waals surface area contributed by atoms with Crippen LogP contribution in [-0.2, 0) is 6.54 Å². The molecule has 0 bridgehead atoms. The summed E-state index contributed by atoms with van der Waals surface area (Å²) in [5, 5.41) is 13.1. The zero-order valence-electron chi connectivity index (χ0n) is 11.0. The molecule has 2 unspecified atom stereocenters. The van der Waals surface area contributed by atoms with Crippen LogP contribution < -0.4 is 10.1 Å². The standard InChI is InChI=1S/C14H18ClF2NO2/c15-11-2-4-13(20-14(16)17)10(6-11)8-18-7-9-1-3-12(19)5-9/h2,4,6,9,12,14,18-19H,1,3,5,7-8H2. The van der Waals surface area contributed by atoms with Gasteiger partial charge in [-0.25, -0.2) is 0 Å². The fraction of sp³-hybridized carbons (Fsp3) is 0.571. The Morgan fingerprint density at radius 3 is 2.85 bits per heavy atom. The van der Waals surface area contributed by atoms with E-state index in [9.17, 15) is 13.9 Å². The Morgan fingerprint density at radius 1 is 1.40 bits per heavy atom. The molecule has 6 heteroatoms. The monoisotopic (exact) mass is 305 g/mol. The number of nitrogens with one attached hydrogen (secondary N) is 1. The number of halogens is 3. The van der Waals surface area contributed by atoms with E-state index >= 15 is 0 Å². The first-order chi connectivity index (χ1) is 9.54. The Hall–Kier alpha value is -0.910. The average molecular weight is 306 g/mol. The number of aliphatic hydroxyl groups excluding tert-OH is 1. The molecule has 1 aliphatic carbocycles. The summed E-state index contributed by atoms with van der Waals surface area (Å²) in [4.78, 5) is 0. The SMILES string of the molecule is OC1CCC(CNCc2cc(Cl)ccc2OC(F)F)C1. The van der Waals surface area contributed by atoms with Crippen molar-refractivity contribution in [3.05, 3.63) is 28.8 Å². The molecule has 3 nitrogen and oxygen atoms in total. The van der Waals surface area contributed by atoms with Gasteiger partial charge in [0.15, 0.2) is 0 Å². The molecule has 0 radical (unpaired) electrons. The molecule has 2 atom stereocenters. The quantitative estimate of drug-likeness (QED) is 0.848. The molecule has 1 fully saturated rings. The van der Waals surface area contributed by atoms with E-state index in [1.165, 1.54) is 12.1 Å². The minimum absolute atomic E-state index is 0.142. The smallest absolute Gasteiger partial charge is 0.387 e. The summed E-state index contributed by atoms with van der Waals surface area (Å²) >= 11 is 5.87. The maximum absolute atomic E-state index is 12.3. The first-order valence-corrected chi connectivity index (χ1v) is 7.04. The van der Waals surface area contributed by atoms with Crippen molar-refractivity contribution in [1.29, 1.82) is 0 Å². The molecule has 0 amide bonds. The van der Waals surface area contributed by atoms with E-state index < -0.39 is 6.61 Å². The highest BCUT2D eigenvalue weighted by atomic mass is 35.5. The van der Waals surface area contributed by atoms with Gasteiger partial charge in [-0.3, -0.25) is 0 Å². The lowest BCUT2D eigenvalue weighted by Gasteiger charge is -2.14. The van der Waals surface area contributed by atoms with Crippen molar-refractivity contribution < 1.29 is 18.6 Å². The molecule has 2 rings (SSSR count). The number of hydrogen-bond acceptors (Lipinski definition) is 3. The van der Waals surface area contributed by atoms with Crippen LogP contribution in [-0.4, -0.2) is 24.4 Å². The molecule has 0 spiro atoms. The number of rotatable bonds is 6. The second-order valence-corrected chi connectivity index (χ2v) is 5.53. The summed E-state index contributed by atoms with van der Waals surface area (Å²) in [6.45, 7) is -1.69. The molecule has 20 heavy (non-hydrogen) atoms. The van der Waals surface area contributed by atoms with Gasteiger partial charge >= 0.3 is 6.61 Å². The van der Waals surface area contributed by atoms with Crippen molar-refractivity contribution in [2.24, 2.45) is 5.92 Å². The van der Waals surface area contributed by atoms with Gasteiger partial charge in [-0.1, -0.05) is 11.6 Å².